The van der Waals surface area contributed by atoms with Crippen molar-refractivity contribution in [1.82, 2.24) is 0 Å². The Morgan fingerprint density at radius 1 is 0.923 bits per heavy atom. The second kappa shape index (κ2) is 6.89. The maximum absolute atomic E-state index is 10.4. The van der Waals surface area contributed by atoms with Crippen molar-refractivity contribution < 1.29 is 9.84 Å². The highest BCUT2D eigenvalue weighted by Gasteiger charge is 2.38. The van der Waals surface area contributed by atoms with E-state index in [4.69, 9.17) is 4.74 Å². The first-order valence-corrected chi connectivity index (χ1v) is 9.24. The van der Waals surface area contributed by atoms with Gasteiger partial charge in [0.1, 0.15) is 17.5 Å². The van der Waals surface area contributed by atoms with Crippen LogP contribution in [0.2, 0.25) is 0 Å². The summed E-state index contributed by atoms with van der Waals surface area (Å²) in [6.07, 6.45) is -0.601. The minimum absolute atomic E-state index is 0.143. The molecular formula is C21H15IN2O2. The molecule has 0 spiro atoms. The Morgan fingerprint density at radius 3 is 2.27 bits per heavy atom. The molecule has 0 unspecified atom stereocenters. The van der Waals surface area contributed by atoms with Gasteiger partial charge in [-0.05, 0) is 65.1 Å². The van der Waals surface area contributed by atoms with Gasteiger partial charge in [-0.1, -0.05) is 30.3 Å². The zero-order valence-electron chi connectivity index (χ0n) is 13.7. The third-order valence-electron chi connectivity index (χ3n) is 4.43. The summed E-state index contributed by atoms with van der Waals surface area (Å²) in [7, 11) is 0. The molecule has 4 nitrogen and oxygen atoms in total. The van der Waals surface area contributed by atoms with Gasteiger partial charge in [0, 0.05) is 14.8 Å². The molecule has 0 bridgehead atoms. The molecule has 5 heteroatoms. The van der Waals surface area contributed by atoms with Crippen molar-refractivity contribution in [2.45, 2.75) is 12.3 Å². The van der Waals surface area contributed by atoms with Gasteiger partial charge in [-0.3, -0.25) is 0 Å². The van der Waals surface area contributed by atoms with Crippen molar-refractivity contribution in [3.05, 3.63) is 87.5 Å². The summed E-state index contributed by atoms with van der Waals surface area (Å²) >= 11 is 2.25. The quantitative estimate of drug-likeness (QED) is 0.544. The summed E-state index contributed by atoms with van der Waals surface area (Å²) in [5.41, 5.74) is 2.31. The molecule has 0 amide bonds. The first-order chi connectivity index (χ1) is 12.7. The van der Waals surface area contributed by atoms with Crippen LogP contribution in [0.25, 0.3) is 0 Å². The van der Waals surface area contributed by atoms with Crippen LogP contribution in [0.15, 0.2) is 72.8 Å². The molecule has 128 valence electrons. The Kier molecular flexibility index (Phi) is 4.43. The summed E-state index contributed by atoms with van der Waals surface area (Å²) in [4.78, 5) is 1.91. The van der Waals surface area contributed by atoms with Gasteiger partial charge < -0.3 is 14.7 Å². The van der Waals surface area contributed by atoms with E-state index in [2.05, 4.69) is 28.7 Å². The van der Waals surface area contributed by atoms with Crippen molar-refractivity contribution >= 4 is 28.3 Å². The fourth-order valence-corrected chi connectivity index (χ4v) is 3.57. The Balaban J connectivity index is 1.91. The minimum Gasteiger partial charge on any atom is -0.507 e. The van der Waals surface area contributed by atoms with Crippen LogP contribution >= 0.6 is 22.6 Å². The molecular weight excluding hydrogens is 439 g/mol. The summed E-state index contributed by atoms with van der Waals surface area (Å²) in [5.74, 6) is 0.804. The van der Waals surface area contributed by atoms with Gasteiger partial charge in [0.05, 0.1) is 11.6 Å². The van der Waals surface area contributed by atoms with Crippen molar-refractivity contribution in [3.63, 3.8) is 0 Å². The Bertz CT molecular complexity index is 982. The molecule has 2 atom stereocenters. The molecule has 0 aromatic heterocycles. The Hall–Kier alpha value is -2.72. The van der Waals surface area contributed by atoms with Crippen LogP contribution in [0.5, 0.6) is 11.5 Å². The van der Waals surface area contributed by atoms with Gasteiger partial charge in [-0.25, -0.2) is 0 Å². The van der Waals surface area contributed by atoms with Crippen LogP contribution in [0.4, 0.5) is 5.69 Å². The maximum atomic E-state index is 10.4. The van der Waals surface area contributed by atoms with E-state index in [1.54, 1.807) is 12.1 Å². The number of hydrogen-bond acceptors (Lipinski definition) is 4. The zero-order chi connectivity index (χ0) is 18.1. The fourth-order valence-electron chi connectivity index (χ4n) is 3.22. The summed E-state index contributed by atoms with van der Waals surface area (Å²) in [5, 5.41) is 20.3. The number of nitrogens with zero attached hydrogens (tertiary/aromatic N) is 2. The predicted molar refractivity (Wildman–Crippen MR) is 108 cm³/mol. The summed E-state index contributed by atoms with van der Waals surface area (Å²) < 4.78 is 7.35. The Morgan fingerprint density at radius 2 is 1.58 bits per heavy atom. The van der Waals surface area contributed by atoms with Gasteiger partial charge >= 0.3 is 0 Å². The van der Waals surface area contributed by atoms with E-state index in [-0.39, 0.29) is 5.75 Å². The van der Waals surface area contributed by atoms with Crippen LogP contribution in [-0.2, 0) is 0 Å². The number of aromatic hydroxyl groups is 1. The van der Waals surface area contributed by atoms with E-state index >= 15 is 0 Å². The molecule has 0 radical (unpaired) electrons. The SMILES string of the molecule is N#C[C@H]1c2ccccc2O[C@@H](c2ccccc2O)N1c1ccc(I)cc1. The standard InChI is InChI=1S/C21H15IN2O2/c22-14-9-11-15(12-10-14)24-18(13-23)16-5-2-4-8-20(16)26-21(24)17-6-1-3-7-19(17)25/h1-12,18,21,25H/t18-,21-/m0/s1. The van der Waals surface area contributed by atoms with Crippen molar-refractivity contribution in [1.29, 1.82) is 5.26 Å². The molecule has 0 saturated heterocycles. The smallest absolute Gasteiger partial charge is 0.203 e. The highest BCUT2D eigenvalue weighted by Crippen LogP contribution is 2.46. The van der Waals surface area contributed by atoms with Gasteiger partial charge in [-0.15, -0.1) is 0 Å². The average Bonchev–Trinajstić information content (AvgIpc) is 2.67. The fraction of sp³-hybridized carbons (Fsp3) is 0.0952. The summed E-state index contributed by atoms with van der Waals surface area (Å²) in [6.45, 7) is 0. The largest absolute Gasteiger partial charge is 0.507 e. The lowest BCUT2D eigenvalue weighted by Crippen LogP contribution is -2.39. The van der Waals surface area contributed by atoms with Gasteiger partial charge in [0.15, 0.2) is 0 Å². The number of phenols is 1. The maximum Gasteiger partial charge on any atom is 0.203 e. The normalized spacial score (nSPS) is 18.5. The molecule has 0 fully saturated rings. The number of rotatable bonds is 2. The van der Waals surface area contributed by atoms with Crippen LogP contribution < -0.4 is 9.64 Å². The van der Waals surface area contributed by atoms with Gasteiger partial charge in [0.2, 0.25) is 6.23 Å². The molecule has 3 aromatic rings. The highest BCUT2D eigenvalue weighted by molar-refractivity contribution is 14.1. The molecule has 1 aliphatic heterocycles. The van der Waals surface area contributed by atoms with E-state index in [0.717, 1.165) is 14.8 Å². The first kappa shape index (κ1) is 16.7. The van der Waals surface area contributed by atoms with Crippen LogP contribution in [0, 0.1) is 14.9 Å². The van der Waals surface area contributed by atoms with Crippen LogP contribution in [-0.4, -0.2) is 5.11 Å². The lowest BCUT2D eigenvalue weighted by Gasteiger charge is -2.41. The molecule has 1 N–H and O–H groups in total. The highest BCUT2D eigenvalue weighted by atomic mass is 127. The predicted octanol–water partition coefficient (Wildman–Crippen LogP) is 5.16. The molecule has 0 aliphatic carbocycles. The van der Waals surface area contributed by atoms with E-state index in [1.165, 1.54) is 0 Å². The topological polar surface area (TPSA) is 56.5 Å². The van der Waals surface area contributed by atoms with Crippen molar-refractivity contribution in [2.75, 3.05) is 4.90 Å². The number of anilines is 1. The number of hydrogen-bond donors (Lipinski definition) is 1. The van der Waals surface area contributed by atoms with Crippen molar-refractivity contribution in [2.24, 2.45) is 0 Å². The second-order valence-corrected chi connectivity index (χ2v) is 7.23. The molecule has 4 rings (SSSR count). The lowest BCUT2D eigenvalue weighted by atomic mass is 9.99. The number of halogens is 1. The number of benzene rings is 3. The van der Waals surface area contributed by atoms with Crippen LogP contribution in [0.3, 0.4) is 0 Å². The van der Waals surface area contributed by atoms with Gasteiger partial charge in [-0.2, -0.15) is 5.26 Å². The number of phenolic OH excluding ortho intramolecular Hbond substituents is 1. The average molecular weight is 454 g/mol. The first-order valence-electron chi connectivity index (χ1n) is 8.16. The third-order valence-corrected chi connectivity index (χ3v) is 5.15. The van der Waals surface area contributed by atoms with E-state index in [1.807, 2.05) is 65.6 Å². The molecule has 1 aliphatic rings. The van der Waals surface area contributed by atoms with Crippen molar-refractivity contribution in [3.8, 4) is 17.6 Å². The molecule has 26 heavy (non-hydrogen) atoms. The minimum atomic E-state index is -0.601. The van der Waals surface area contributed by atoms with Gasteiger partial charge in [0.25, 0.3) is 0 Å². The second-order valence-electron chi connectivity index (χ2n) is 5.98. The van der Waals surface area contributed by atoms with E-state index < -0.39 is 12.3 Å². The zero-order valence-corrected chi connectivity index (χ0v) is 15.9. The van der Waals surface area contributed by atoms with E-state index in [0.29, 0.717) is 11.3 Å². The lowest BCUT2D eigenvalue weighted by molar-refractivity contribution is 0.168. The molecule has 3 aromatic carbocycles. The van der Waals surface area contributed by atoms with E-state index in [9.17, 15) is 10.4 Å². The number of fused-ring (bicyclic) bond motifs is 1. The van der Waals surface area contributed by atoms with Crippen LogP contribution in [0.1, 0.15) is 23.4 Å². The monoisotopic (exact) mass is 454 g/mol. The molecule has 0 saturated carbocycles. The number of nitriles is 1. The summed E-state index contributed by atoms with van der Waals surface area (Å²) in [6, 6.07) is 24.4. The number of para-hydroxylation sites is 2. The Labute approximate surface area is 165 Å². The molecule has 1 heterocycles. The number of ether oxygens (including phenoxy) is 1. The third kappa shape index (κ3) is 2.86.